The van der Waals surface area contributed by atoms with Crippen LogP contribution in [0.4, 0.5) is 10.5 Å². The van der Waals surface area contributed by atoms with Crippen molar-refractivity contribution < 1.29 is 19.4 Å². The van der Waals surface area contributed by atoms with Gasteiger partial charge in [0.05, 0.1) is 18.9 Å². The highest BCUT2D eigenvalue weighted by molar-refractivity contribution is 5.86. The lowest BCUT2D eigenvalue weighted by Crippen LogP contribution is -2.47. The van der Waals surface area contributed by atoms with Crippen molar-refractivity contribution in [2.45, 2.75) is 32.0 Å². The first-order valence-electron chi connectivity index (χ1n) is 6.20. The maximum absolute atomic E-state index is 11.8. The molecule has 0 bridgehead atoms. The molecule has 0 spiro atoms. The molecule has 1 amide bonds. The van der Waals surface area contributed by atoms with E-state index in [2.05, 4.69) is 5.32 Å². The van der Waals surface area contributed by atoms with Gasteiger partial charge in [-0.15, -0.1) is 0 Å². The fourth-order valence-electron chi connectivity index (χ4n) is 1.86. The predicted molar refractivity (Wildman–Crippen MR) is 71.0 cm³/mol. The maximum Gasteiger partial charge on any atom is 0.412 e. The molecule has 0 atom stereocenters. The lowest BCUT2D eigenvalue weighted by molar-refractivity contribution is -0.184. The van der Waals surface area contributed by atoms with E-state index in [9.17, 15) is 9.90 Å². The average Bonchev–Trinajstić information content (AvgIpc) is 2.24. The SMILES string of the molecule is CC(C)(C)OC(=O)Nc1ccccc1C1(O)COC1. The summed E-state index contributed by atoms with van der Waals surface area (Å²) in [6, 6.07) is 7.11. The number of benzene rings is 1. The van der Waals surface area contributed by atoms with Gasteiger partial charge in [0.1, 0.15) is 11.2 Å². The normalized spacial score (nSPS) is 17.5. The molecular formula is C14H19NO4. The van der Waals surface area contributed by atoms with Crippen LogP contribution in [-0.2, 0) is 15.1 Å². The molecule has 0 unspecified atom stereocenters. The number of ether oxygens (including phenoxy) is 2. The lowest BCUT2D eigenvalue weighted by Gasteiger charge is -2.37. The van der Waals surface area contributed by atoms with Gasteiger partial charge in [0, 0.05) is 5.56 Å². The van der Waals surface area contributed by atoms with E-state index < -0.39 is 17.3 Å². The van der Waals surface area contributed by atoms with Crippen LogP contribution in [0.15, 0.2) is 24.3 Å². The molecule has 1 heterocycles. The van der Waals surface area contributed by atoms with E-state index in [1.54, 1.807) is 39.0 Å². The molecular weight excluding hydrogens is 246 g/mol. The second-order valence-electron chi connectivity index (χ2n) is 5.70. The summed E-state index contributed by atoms with van der Waals surface area (Å²) in [4.78, 5) is 11.8. The van der Waals surface area contributed by atoms with E-state index in [1.807, 2.05) is 6.07 Å². The van der Waals surface area contributed by atoms with Gasteiger partial charge in [-0.25, -0.2) is 4.79 Å². The molecule has 0 saturated carbocycles. The highest BCUT2D eigenvalue weighted by atomic mass is 16.6. The molecule has 5 nitrogen and oxygen atoms in total. The van der Waals surface area contributed by atoms with Crippen molar-refractivity contribution in [3.63, 3.8) is 0 Å². The van der Waals surface area contributed by atoms with Crippen molar-refractivity contribution in [2.75, 3.05) is 18.5 Å². The van der Waals surface area contributed by atoms with E-state index in [1.165, 1.54) is 0 Å². The zero-order valence-electron chi connectivity index (χ0n) is 11.4. The average molecular weight is 265 g/mol. The molecule has 1 aliphatic rings. The van der Waals surface area contributed by atoms with E-state index >= 15 is 0 Å². The largest absolute Gasteiger partial charge is 0.444 e. The summed E-state index contributed by atoms with van der Waals surface area (Å²) in [7, 11) is 0. The Labute approximate surface area is 112 Å². The number of hydrogen-bond acceptors (Lipinski definition) is 4. The van der Waals surface area contributed by atoms with Crippen LogP contribution in [0.5, 0.6) is 0 Å². The number of rotatable bonds is 2. The molecule has 104 valence electrons. The van der Waals surface area contributed by atoms with Gasteiger partial charge in [-0.05, 0) is 26.8 Å². The minimum atomic E-state index is -1.02. The van der Waals surface area contributed by atoms with Crippen molar-refractivity contribution in [2.24, 2.45) is 0 Å². The summed E-state index contributed by atoms with van der Waals surface area (Å²) in [6.07, 6.45) is -0.538. The second-order valence-corrected chi connectivity index (χ2v) is 5.70. The Bertz CT molecular complexity index is 475. The quantitative estimate of drug-likeness (QED) is 0.860. The molecule has 0 radical (unpaired) electrons. The molecule has 2 N–H and O–H groups in total. The summed E-state index contributed by atoms with van der Waals surface area (Å²) < 4.78 is 10.2. The summed E-state index contributed by atoms with van der Waals surface area (Å²) in [6.45, 7) is 5.86. The number of para-hydroxylation sites is 1. The van der Waals surface area contributed by atoms with Crippen LogP contribution in [0.3, 0.4) is 0 Å². The first kappa shape index (κ1) is 13.8. The third-order valence-electron chi connectivity index (χ3n) is 2.75. The number of carbonyl (C=O) groups excluding carboxylic acids is 1. The number of amides is 1. The Morgan fingerprint density at radius 2 is 2.00 bits per heavy atom. The monoisotopic (exact) mass is 265 g/mol. The zero-order valence-corrected chi connectivity index (χ0v) is 11.4. The van der Waals surface area contributed by atoms with Crippen LogP contribution < -0.4 is 5.32 Å². The van der Waals surface area contributed by atoms with Gasteiger partial charge in [0.2, 0.25) is 0 Å². The summed E-state index contributed by atoms with van der Waals surface area (Å²) in [5, 5.41) is 13.0. The minimum Gasteiger partial charge on any atom is -0.444 e. The molecule has 0 aromatic heterocycles. The molecule has 0 aliphatic carbocycles. The zero-order chi connectivity index (χ0) is 14.1. The van der Waals surface area contributed by atoms with Crippen molar-refractivity contribution in [1.29, 1.82) is 0 Å². The first-order chi connectivity index (χ1) is 8.80. The van der Waals surface area contributed by atoms with Crippen LogP contribution in [0.1, 0.15) is 26.3 Å². The molecule has 1 aliphatic heterocycles. The number of carbonyl (C=O) groups is 1. The fourth-order valence-corrected chi connectivity index (χ4v) is 1.86. The molecule has 1 aromatic carbocycles. The minimum absolute atomic E-state index is 0.236. The number of anilines is 1. The van der Waals surface area contributed by atoms with Gasteiger partial charge in [0.15, 0.2) is 0 Å². The lowest BCUT2D eigenvalue weighted by atomic mass is 9.90. The van der Waals surface area contributed by atoms with Gasteiger partial charge in [-0.2, -0.15) is 0 Å². The molecule has 5 heteroatoms. The van der Waals surface area contributed by atoms with E-state index in [0.717, 1.165) is 0 Å². The number of hydrogen-bond donors (Lipinski definition) is 2. The fraction of sp³-hybridized carbons (Fsp3) is 0.500. The molecule has 1 fully saturated rings. The van der Waals surface area contributed by atoms with Crippen LogP contribution in [-0.4, -0.2) is 30.0 Å². The van der Waals surface area contributed by atoms with Crippen LogP contribution in [0, 0.1) is 0 Å². The second kappa shape index (κ2) is 4.83. The Hall–Kier alpha value is -1.59. The number of nitrogens with one attached hydrogen (secondary N) is 1. The van der Waals surface area contributed by atoms with E-state index in [4.69, 9.17) is 9.47 Å². The van der Waals surface area contributed by atoms with Crippen molar-refractivity contribution in [3.8, 4) is 0 Å². The van der Waals surface area contributed by atoms with Crippen LogP contribution in [0.2, 0.25) is 0 Å². The molecule has 19 heavy (non-hydrogen) atoms. The van der Waals surface area contributed by atoms with Crippen molar-refractivity contribution >= 4 is 11.8 Å². The predicted octanol–water partition coefficient (Wildman–Crippen LogP) is 2.25. The van der Waals surface area contributed by atoms with E-state index in [-0.39, 0.29) is 13.2 Å². The Balaban J connectivity index is 2.15. The van der Waals surface area contributed by atoms with Gasteiger partial charge >= 0.3 is 6.09 Å². The van der Waals surface area contributed by atoms with Gasteiger partial charge < -0.3 is 14.6 Å². The van der Waals surface area contributed by atoms with E-state index in [0.29, 0.717) is 11.3 Å². The maximum atomic E-state index is 11.8. The van der Waals surface area contributed by atoms with Crippen LogP contribution >= 0.6 is 0 Å². The smallest absolute Gasteiger partial charge is 0.412 e. The first-order valence-corrected chi connectivity index (χ1v) is 6.20. The van der Waals surface area contributed by atoms with Gasteiger partial charge in [-0.1, -0.05) is 18.2 Å². The van der Waals surface area contributed by atoms with Crippen molar-refractivity contribution in [3.05, 3.63) is 29.8 Å². The molecule has 1 saturated heterocycles. The highest BCUT2D eigenvalue weighted by Gasteiger charge is 2.39. The standard InChI is InChI=1S/C14H19NO4/c1-13(2,3)19-12(16)15-11-7-5-4-6-10(11)14(17)8-18-9-14/h4-7,17H,8-9H2,1-3H3,(H,15,16). The molecule has 1 aromatic rings. The summed E-state index contributed by atoms with van der Waals surface area (Å²) in [5.41, 5.74) is -0.393. The third-order valence-corrected chi connectivity index (χ3v) is 2.75. The summed E-state index contributed by atoms with van der Waals surface area (Å²) in [5.74, 6) is 0. The Morgan fingerprint density at radius 1 is 1.37 bits per heavy atom. The Morgan fingerprint density at radius 3 is 2.53 bits per heavy atom. The highest BCUT2D eigenvalue weighted by Crippen LogP contribution is 2.34. The third kappa shape index (κ3) is 3.24. The van der Waals surface area contributed by atoms with Gasteiger partial charge in [0.25, 0.3) is 0 Å². The summed E-state index contributed by atoms with van der Waals surface area (Å²) >= 11 is 0. The topological polar surface area (TPSA) is 67.8 Å². The van der Waals surface area contributed by atoms with Crippen LogP contribution in [0.25, 0.3) is 0 Å². The molecule has 2 rings (SSSR count). The van der Waals surface area contributed by atoms with Gasteiger partial charge in [-0.3, -0.25) is 5.32 Å². The Kier molecular flexibility index (Phi) is 3.52. The number of aliphatic hydroxyl groups is 1. The van der Waals surface area contributed by atoms with Crippen molar-refractivity contribution in [1.82, 2.24) is 0 Å².